The molecule has 1 unspecified atom stereocenters. The van der Waals surface area contributed by atoms with Crippen molar-refractivity contribution in [2.24, 2.45) is 11.3 Å². The van der Waals surface area contributed by atoms with Crippen LogP contribution >= 0.6 is 0 Å². The van der Waals surface area contributed by atoms with Crippen molar-refractivity contribution in [1.82, 2.24) is 4.90 Å². The van der Waals surface area contributed by atoms with Crippen molar-refractivity contribution in [3.8, 4) is 0 Å². The first kappa shape index (κ1) is 16.8. The van der Waals surface area contributed by atoms with Crippen molar-refractivity contribution in [1.29, 1.82) is 0 Å². The maximum atomic E-state index is 12.7. The van der Waals surface area contributed by atoms with Gasteiger partial charge in [0.25, 0.3) is 0 Å². The van der Waals surface area contributed by atoms with Gasteiger partial charge in [0.1, 0.15) is 0 Å². The maximum Gasteiger partial charge on any atom is 0.330 e. The monoisotopic (exact) mass is 347 g/mol. The highest BCUT2D eigenvalue weighted by molar-refractivity contribution is 5.91. The van der Waals surface area contributed by atoms with E-state index < -0.39 is 16.9 Å². The van der Waals surface area contributed by atoms with Gasteiger partial charge in [0.15, 0.2) is 0 Å². The van der Waals surface area contributed by atoms with Crippen LogP contribution in [0.25, 0.3) is 0 Å². The summed E-state index contributed by atoms with van der Waals surface area (Å²) in [6, 6.07) is 0. The van der Waals surface area contributed by atoms with Gasteiger partial charge in [-0.2, -0.15) is 0 Å². The Kier molecular flexibility index (Phi) is 3.81. The lowest BCUT2D eigenvalue weighted by atomic mass is 9.66. The molecule has 6 nitrogen and oxygen atoms in total. The SMILES string of the molecule is COC(=O)/C=C1/[C@]23C[C@@H](OC)CC=C2CCN3CC2C[C@@]12C(=O)OC. The van der Waals surface area contributed by atoms with Crippen LogP contribution in [0.15, 0.2) is 23.3 Å². The van der Waals surface area contributed by atoms with Crippen LogP contribution in [0.2, 0.25) is 0 Å². The molecule has 25 heavy (non-hydrogen) atoms. The molecule has 4 atom stereocenters. The lowest BCUT2D eigenvalue weighted by molar-refractivity contribution is -0.147. The highest BCUT2D eigenvalue weighted by Gasteiger charge is 2.73. The van der Waals surface area contributed by atoms with Crippen LogP contribution in [-0.4, -0.2) is 62.9 Å². The molecule has 0 bridgehead atoms. The van der Waals surface area contributed by atoms with E-state index in [0.717, 1.165) is 44.3 Å². The fourth-order valence-electron chi connectivity index (χ4n) is 5.44. The molecule has 4 rings (SSSR count). The third-order valence-electron chi connectivity index (χ3n) is 6.69. The minimum absolute atomic E-state index is 0.0791. The average molecular weight is 347 g/mol. The van der Waals surface area contributed by atoms with Gasteiger partial charge < -0.3 is 14.2 Å². The van der Waals surface area contributed by atoms with Crippen LogP contribution in [0.3, 0.4) is 0 Å². The molecule has 2 aliphatic heterocycles. The van der Waals surface area contributed by atoms with Gasteiger partial charge >= 0.3 is 11.9 Å². The number of ether oxygens (including phenoxy) is 3. The van der Waals surface area contributed by atoms with Crippen LogP contribution in [0.5, 0.6) is 0 Å². The predicted octanol–water partition coefficient (Wildman–Crippen LogP) is 1.46. The van der Waals surface area contributed by atoms with Crippen LogP contribution in [-0.2, 0) is 23.8 Å². The third kappa shape index (κ3) is 2.10. The molecule has 0 aromatic rings. The van der Waals surface area contributed by atoms with Gasteiger partial charge in [0.2, 0.25) is 0 Å². The first-order chi connectivity index (χ1) is 12.0. The zero-order valence-corrected chi connectivity index (χ0v) is 15.0. The molecule has 6 heteroatoms. The topological polar surface area (TPSA) is 65.1 Å². The smallest absolute Gasteiger partial charge is 0.330 e. The molecule has 0 amide bonds. The number of piperidine rings is 1. The summed E-state index contributed by atoms with van der Waals surface area (Å²) in [5, 5.41) is 0. The molecule has 2 aliphatic carbocycles. The largest absolute Gasteiger partial charge is 0.468 e. The van der Waals surface area contributed by atoms with Gasteiger partial charge in [0.05, 0.1) is 31.3 Å². The highest BCUT2D eigenvalue weighted by atomic mass is 16.5. The first-order valence-corrected chi connectivity index (χ1v) is 8.89. The van der Waals surface area contributed by atoms with Gasteiger partial charge in [-0.25, -0.2) is 4.79 Å². The maximum absolute atomic E-state index is 12.7. The quantitative estimate of drug-likeness (QED) is 0.437. The molecule has 0 aromatic heterocycles. The molecule has 1 saturated carbocycles. The summed E-state index contributed by atoms with van der Waals surface area (Å²) in [7, 11) is 4.52. The van der Waals surface area contributed by atoms with E-state index in [0.29, 0.717) is 0 Å². The van der Waals surface area contributed by atoms with Crippen molar-refractivity contribution in [2.45, 2.75) is 37.3 Å². The molecule has 3 fully saturated rings. The number of methoxy groups -OCH3 is 3. The Hall–Kier alpha value is -1.66. The summed E-state index contributed by atoms with van der Waals surface area (Å²) in [5.41, 5.74) is 1.08. The number of carbonyl (C=O) groups excluding carboxylic acids is 2. The van der Waals surface area contributed by atoms with Gasteiger partial charge in [-0.15, -0.1) is 0 Å². The second kappa shape index (κ2) is 5.68. The van der Waals surface area contributed by atoms with E-state index >= 15 is 0 Å². The summed E-state index contributed by atoms with van der Waals surface area (Å²) in [6.45, 7) is 1.82. The molecule has 2 heterocycles. The van der Waals surface area contributed by atoms with E-state index in [1.54, 1.807) is 13.2 Å². The number of nitrogens with zero attached hydrogens (tertiary/aromatic N) is 1. The van der Waals surface area contributed by atoms with Crippen molar-refractivity contribution in [2.75, 3.05) is 34.4 Å². The Bertz CT molecular complexity index is 683. The number of fused-ring (bicyclic) bond motifs is 1. The summed E-state index contributed by atoms with van der Waals surface area (Å²) < 4.78 is 15.7. The van der Waals surface area contributed by atoms with Crippen LogP contribution in [0, 0.1) is 11.3 Å². The summed E-state index contributed by atoms with van der Waals surface area (Å²) in [5.74, 6) is -0.429. The number of hydrogen-bond donors (Lipinski definition) is 0. The summed E-state index contributed by atoms with van der Waals surface area (Å²) in [6.07, 6.45) is 7.24. The predicted molar refractivity (Wildman–Crippen MR) is 89.7 cm³/mol. The highest BCUT2D eigenvalue weighted by Crippen LogP contribution is 2.69. The number of hydrogen-bond acceptors (Lipinski definition) is 6. The van der Waals surface area contributed by atoms with E-state index in [1.165, 1.54) is 19.8 Å². The summed E-state index contributed by atoms with van der Waals surface area (Å²) >= 11 is 0. The fraction of sp³-hybridized carbons (Fsp3) is 0.684. The summed E-state index contributed by atoms with van der Waals surface area (Å²) in [4.78, 5) is 27.4. The van der Waals surface area contributed by atoms with E-state index in [1.807, 2.05) is 0 Å². The Morgan fingerprint density at radius 2 is 2.04 bits per heavy atom. The van der Waals surface area contributed by atoms with E-state index in [9.17, 15) is 9.59 Å². The second-order valence-electron chi connectivity index (χ2n) is 7.53. The molecule has 4 aliphatic rings. The lowest BCUT2D eigenvalue weighted by Gasteiger charge is -2.50. The Labute approximate surface area is 147 Å². The van der Waals surface area contributed by atoms with Gasteiger partial charge in [-0.3, -0.25) is 9.69 Å². The third-order valence-corrected chi connectivity index (χ3v) is 6.69. The average Bonchev–Trinajstić information content (AvgIpc) is 3.26. The second-order valence-corrected chi connectivity index (χ2v) is 7.53. The van der Waals surface area contributed by atoms with Gasteiger partial charge in [-0.1, -0.05) is 6.08 Å². The zero-order valence-electron chi connectivity index (χ0n) is 15.0. The molecule has 0 radical (unpaired) electrons. The number of carbonyl (C=O) groups is 2. The van der Waals surface area contributed by atoms with Crippen molar-refractivity contribution in [3.63, 3.8) is 0 Å². The van der Waals surface area contributed by atoms with Crippen LogP contribution < -0.4 is 0 Å². The standard InChI is InChI=1S/C19H25NO5/c1-23-14-5-4-12-6-7-20-11-13-9-18(13,17(22)25-3)15(8-16(21)24-2)19(12,20)10-14/h4,8,13-14H,5-7,9-11H2,1-3H3/b15-8+/t13?,14-,18-,19-/m0/s1. The first-order valence-electron chi connectivity index (χ1n) is 8.89. The minimum Gasteiger partial charge on any atom is -0.468 e. The molecule has 1 spiro atoms. The van der Waals surface area contributed by atoms with E-state index in [4.69, 9.17) is 14.2 Å². The molecule has 2 saturated heterocycles. The van der Waals surface area contributed by atoms with Crippen molar-refractivity contribution < 1.29 is 23.8 Å². The molecule has 0 N–H and O–H groups in total. The van der Waals surface area contributed by atoms with Crippen molar-refractivity contribution >= 4 is 11.9 Å². The zero-order chi connectivity index (χ0) is 17.8. The number of rotatable bonds is 3. The normalized spacial score (nSPS) is 40.6. The Morgan fingerprint density at radius 3 is 2.72 bits per heavy atom. The Balaban J connectivity index is 1.89. The fourth-order valence-corrected chi connectivity index (χ4v) is 5.44. The molecule has 136 valence electrons. The van der Waals surface area contributed by atoms with E-state index in [-0.39, 0.29) is 18.0 Å². The molecular weight excluding hydrogens is 322 g/mol. The Morgan fingerprint density at radius 1 is 1.24 bits per heavy atom. The molecule has 0 aromatic carbocycles. The van der Waals surface area contributed by atoms with Gasteiger partial charge in [-0.05, 0) is 36.3 Å². The lowest BCUT2D eigenvalue weighted by Crippen LogP contribution is -2.57. The van der Waals surface area contributed by atoms with Crippen molar-refractivity contribution in [3.05, 3.63) is 23.3 Å². The van der Waals surface area contributed by atoms with Crippen LogP contribution in [0.1, 0.15) is 25.7 Å². The van der Waals surface area contributed by atoms with Crippen LogP contribution in [0.4, 0.5) is 0 Å². The number of esters is 2. The molecular formula is C19H25NO5. The van der Waals surface area contributed by atoms with E-state index in [2.05, 4.69) is 11.0 Å². The minimum atomic E-state index is -0.682. The van der Waals surface area contributed by atoms with Gasteiger partial charge in [0, 0.05) is 32.7 Å².